The minimum atomic E-state index is 0.209. The van der Waals surface area contributed by atoms with Gasteiger partial charge in [0.15, 0.2) is 0 Å². The fourth-order valence-electron chi connectivity index (χ4n) is 1.17. The molecule has 0 bridgehead atoms. The van der Waals surface area contributed by atoms with Crippen LogP contribution in [-0.4, -0.2) is 21.5 Å². The predicted octanol–water partition coefficient (Wildman–Crippen LogP) is 1.82. The zero-order valence-electron chi connectivity index (χ0n) is 8.35. The number of rotatable bonds is 4. The number of halogens is 1. The lowest BCUT2D eigenvalue weighted by Gasteiger charge is -2.06. The Morgan fingerprint density at radius 2 is 2.31 bits per heavy atom. The average molecular weight is 256 g/mol. The number of nitrogen functional groups attached to an aromatic ring is 1. The van der Waals surface area contributed by atoms with Crippen molar-refractivity contribution < 1.29 is 0 Å². The summed E-state index contributed by atoms with van der Waals surface area (Å²) in [5, 5.41) is 6.59. The number of hydrogen-bond acceptors (Lipinski definition) is 6. The Balaban J connectivity index is 1.92. The van der Waals surface area contributed by atoms with Crippen LogP contribution in [0.25, 0.3) is 0 Å². The largest absolute Gasteiger partial charge is 0.368 e. The van der Waals surface area contributed by atoms with Crippen LogP contribution in [0.2, 0.25) is 5.02 Å². The molecule has 0 aliphatic carbocycles. The molecule has 0 saturated carbocycles. The van der Waals surface area contributed by atoms with E-state index in [9.17, 15) is 0 Å². The Morgan fingerprint density at radius 1 is 1.44 bits per heavy atom. The summed E-state index contributed by atoms with van der Waals surface area (Å²) in [5.41, 5.74) is 5.46. The highest BCUT2D eigenvalue weighted by Gasteiger charge is 2.03. The lowest BCUT2D eigenvalue weighted by atomic mass is 10.4. The maximum absolute atomic E-state index is 5.90. The Hall–Kier alpha value is -1.40. The summed E-state index contributed by atoms with van der Waals surface area (Å²) < 4.78 is 0. The molecule has 0 radical (unpaired) electrons. The van der Waals surface area contributed by atoms with E-state index in [2.05, 4.69) is 20.3 Å². The molecule has 0 amide bonds. The van der Waals surface area contributed by atoms with Gasteiger partial charge in [0.2, 0.25) is 5.95 Å². The van der Waals surface area contributed by atoms with Gasteiger partial charge in [0.05, 0.1) is 11.2 Å². The minimum absolute atomic E-state index is 0.209. The van der Waals surface area contributed by atoms with Gasteiger partial charge in [-0.05, 0) is 0 Å². The van der Waals surface area contributed by atoms with Crippen LogP contribution >= 0.6 is 22.9 Å². The highest BCUT2D eigenvalue weighted by atomic mass is 35.5. The predicted molar refractivity (Wildman–Crippen MR) is 65.8 cm³/mol. The normalized spacial score (nSPS) is 10.3. The highest BCUT2D eigenvalue weighted by molar-refractivity contribution is 7.09. The fraction of sp³-hybridized carbons (Fsp3) is 0.222. The van der Waals surface area contributed by atoms with Crippen LogP contribution in [0.15, 0.2) is 17.8 Å². The lowest BCUT2D eigenvalue weighted by Crippen LogP contribution is -2.08. The van der Waals surface area contributed by atoms with Gasteiger partial charge in [-0.1, -0.05) is 11.6 Å². The maximum atomic E-state index is 5.90. The van der Waals surface area contributed by atoms with Crippen molar-refractivity contribution in [2.24, 2.45) is 0 Å². The van der Waals surface area contributed by atoms with Crippen molar-refractivity contribution >= 4 is 34.7 Å². The van der Waals surface area contributed by atoms with E-state index < -0.39 is 0 Å². The zero-order valence-corrected chi connectivity index (χ0v) is 9.92. The summed E-state index contributed by atoms with van der Waals surface area (Å²) in [4.78, 5) is 12.0. The van der Waals surface area contributed by atoms with Crippen LogP contribution in [0.5, 0.6) is 0 Å². The molecule has 2 rings (SSSR count). The second-order valence-corrected chi connectivity index (χ2v) is 4.41. The molecule has 84 valence electrons. The molecular weight excluding hydrogens is 246 g/mol. The third-order valence-corrected chi connectivity index (χ3v) is 2.99. The summed E-state index contributed by atoms with van der Waals surface area (Å²) in [6, 6.07) is 0. The number of nitrogens with zero attached hydrogens (tertiary/aromatic N) is 3. The molecule has 0 aliphatic heterocycles. The monoisotopic (exact) mass is 255 g/mol. The van der Waals surface area contributed by atoms with Gasteiger partial charge in [0, 0.05) is 24.5 Å². The van der Waals surface area contributed by atoms with Crippen molar-refractivity contribution in [3.63, 3.8) is 0 Å². The first-order valence-electron chi connectivity index (χ1n) is 4.66. The Morgan fingerprint density at radius 3 is 3.06 bits per heavy atom. The Bertz CT molecular complexity index is 459. The number of hydrogen-bond donors (Lipinski definition) is 2. The maximum Gasteiger partial charge on any atom is 0.222 e. The summed E-state index contributed by atoms with van der Waals surface area (Å²) in [6.07, 6.45) is 4.10. The molecule has 2 heterocycles. The van der Waals surface area contributed by atoms with Crippen LogP contribution in [0, 0.1) is 0 Å². The van der Waals surface area contributed by atoms with Crippen LogP contribution in [0.1, 0.15) is 5.01 Å². The van der Waals surface area contributed by atoms with Gasteiger partial charge in [-0.2, -0.15) is 4.98 Å². The number of nitrogens with one attached hydrogen (secondary N) is 1. The molecule has 0 fully saturated rings. The van der Waals surface area contributed by atoms with E-state index in [1.54, 1.807) is 17.5 Å². The molecule has 2 aromatic heterocycles. The quantitative estimate of drug-likeness (QED) is 0.872. The van der Waals surface area contributed by atoms with Gasteiger partial charge in [-0.15, -0.1) is 11.3 Å². The summed E-state index contributed by atoms with van der Waals surface area (Å²) in [6.45, 7) is 0.712. The molecule has 7 heteroatoms. The van der Waals surface area contributed by atoms with Crippen LogP contribution in [0.3, 0.4) is 0 Å². The lowest BCUT2D eigenvalue weighted by molar-refractivity contribution is 0.984. The molecule has 0 aliphatic rings. The first kappa shape index (κ1) is 11.1. The first-order chi connectivity index (χ1) is 7.75. The molecule has 0 spiro atoms. The number of nitrogens with two attached hydrogens (primary N) is 1. The van der Waals surface area contributed by atoms with Gasteiger partial charge in [0.1, 0.15) is 10.8 Å². The van der Waals surface area contributed by atoms with Crippen LogP contribution in [0.4, 0.5) is 11.8 Å². The molecular formula is C9H10ClN5S. The molecule has 3 N–H and O–H groups in total. The van der Waals surface area contributed by atoms with Gasteiger partial charge in [-0.3, -0.25) is 0 Å². The first-order valence-corrected chi connectivity index (χ1v) is 5.92. The molecule has 16 heavy (non-hydrogen) atoms. The van der Waals surface area contributed by atoms with E-state index in [1.807, 2.05) is 5.38 Å². The van der Waals surface area contributed by atoms with E-state index in [0.717, 1.165) is 11.4 Å². The minimum Gasteiger partial charge on any atom is -0.368 e. The Kier molecular flexibility index (Phi) is 3.53. The number of aromatic nitrogens is 3. The van der Waals surface area contributed by atoms with E-state index in [4.69, 9.17) is 17.3 Å². The van der Waals surface area contributed by atoms with Crippen molar-refractivity contribution in [3.8, 4) is 0 Å². The summed E-state index contributed by atoms with van der Waals surface area (Å²) >= 11 is 7.52. The van der Waals surface area contributed by atoms with E-state index in [-0.39, 0.29) is 5.95 Å². The Labute approximate surface area is 102 Å². The fourth-order valence-corrected chi connectivity index (χ4v) is 1.95. The molecule has 2 aromatic rings. The topological polar surface area (TPSA) is 76.7 Å². The summed E-state index contributed by atoms with van der Waals surface area (Å²) in [5.74, 6) is 0.770. The van der Waals surface area contributed by atoms with Crippen molar-refractivity contribution in [2.75, 3.05) is 17.6 Å². The SMILES string of the molecule is Nc1ncc(Cl)c(NCCc2nccs2)n1. The zero-order chi connectivity index (χ0) is 11.4. The highest BCUT2D eigenvalue weighted by Crippen LogP contribution is 2.18. The smallest absolute Gasteiger partial charge is 0.222 e. The van der Waals surface area contributed by atoms with Gasteiger partial charge >= 0.3 is 0 Å². The van der Waals surface area contributed by atoms with E-state index >= 15 is 0 Å². The molecule has 5 nitrogen and oxygen atoms in total. The second-order valence-electron chi connectivity index (χ2n) is 3.03. The van der Waals surface area contributed by atoms with Crippen molar-refractivity contribution in [2.45, 2.75) is 6.42 Å². The number of anilines is 2. The van der Waals surface area contributed by atoms with Gasteiger partial charge in [0.25, 0.3) is 0 Å². The van der Waals surface area contributed by atoms with Crippen LogP contribution < -0.4 is 11.1 Å². The molecule has 0 unspecified atom stereocenters. The second kappa shape index (κ2) is 5.09. The third-order valence-electron chi connectivity index (χ3n) is 1.88. The van der Waals surface area contributed by atoms with Crippen molar-refractivity contribution in [1.82, 2.24) is 15.0 Å². The molecule has 0 aromatic carbocycles. The summed E-state index contributed by atoms with van der Waals surface area (Å²) in [7, 11) is 0. The number of thiazole rings is 1. The molecule has 0 saturated heterocycles. The van der Waals surface area contributed by atoms with Gasteiger partial charge in [-0.25, -0.2) is 9.97 Å². The third kappa shape index (κ3) is 2.80. The standard InChI is InChI=1S/C9H10ClN5S/c10-6-5-14-9(11)15-8(6)13-2-1-7-12-3-4-16-7/h3-5H,1-2H2,(H3,11,13,14,15). The molecule has 0 atom stereocenters. The average Bonchev–Trinajstić information content (AvgIpc) is 2.76. The van der Waals surface area contributed by atoms with E-state index in [1.165, 1.54) is 6.20 Å². The van der Waals surface area contributed by atoms with Crippen LogP contribution in [-0.2, 0) is 6.42 Å². The van der Waals surface area contributed by atoms with Gasteiger partial charge < -0.3 is 11.1 Å². The van der Waals surface area contributed by atoms with Crippen molar-refractivity contribution in [3.05, 3.63) is 27.8 Å². The van der Waals surface area contributed by atoms with E-state index in [0.29, 0.717) is 17.4 Å². The van der Waals surface area contributed by atoms with Crippen molar-refractivity contribution in [1.29, 1.82) is 0 Å².